The summed E-state index contributed by atoms with van der Waals surface area (Å²) >= 11 is 0. The first-order chi connectivity index (χ1) is 9.24. The second-order valence-corrected chi connectivity index (χ2v) is 6.92. The summed E-state index contributed by atoms with van der Waals surface area (Å²) in [6.45, 7) is 9.88. The van der Waals surface area contributed by atoms with Crippen molar-refractivity contribution in [1.29, 1.82) is 0 Å². The van der Waals surface area contributed by atoms with Crippen LogP contribution in [-0.4, -0.2) is 33.6 Å². The SMILES string of the molecule is CCO[Si](OCC)(OCC)C(CC)c1cccnc1. The lowest BCUT2D eigenvalue weighted by Crippen LogP contribution is -2.51. The van der Waals surface area contributed by atoms with E-state index in [0.29, 0.717) is 19.8 Å². The molecule has 19 heavy (non-hydrogen) atoms. The Morgan fingerprint density at radius 3 is 2.00 bits per heavy atom. The summed E-state index contributed by atoms with van der Waals surface area (Å²) in [5, 5.41) is 0. The van der Waals surface area contributed by atoms with E-state index >= 15 is 0 Å². The van der Waals surface area contributed by atoms with E-state index in [0.717, 1.165) is 12.0 Å². The van der Waals surface area contributed by atoms with Gasteiger partial charge in [0.2, 0.25) is 0 Å². The first-order valence-corrected chi connectivity index (χ1v) is 8.85. The second-order valence-electron chi connectivity index (χ2n) is 4.15. The molecule has 0 radical (unpaired) electrons. The van der Waals surface area contributed by atoms with Gasteiger partial charge in [0.1, 0.15) is 0 Å². The first-order valence-electron chi connectivity index (χ1n) is 7.05. The van der Waals surface area contributed by atoms with E-state index in [1.54, 1.807) is 6.20 Å². The lowest BCUT2D eigenvalue weighted by Gasteiger charge is -2.34. The van der Waals surface area contributed by atoms with Crippen LogP contribution in [0.4, 0.5) is 0 Å². The average molecular weight is 283 g/mol. The van der Waals surface area contributed by atoms with Gasteiger partial charge in [-0.05, 0) is 38.8 Å². The molecule has 1 atom stereocenters. The molecule has 0 spiro atoms. The molecule has 0 aliphatic heterocycles. The fraction of sp³-hybridized carbons (Fsp3) is 0.643. The molecule has 1 rings (SSSR count). The van der Waals surface area contributed by atoms with Crippen LogP contribution in [0.2, 0.25) is 0 Å². The maximum absolute atomic E-state index is 5.98. The molecule has 0 fully saturated rings. The van der Waals surface area contributed by atoms with Gasteiger partial charge in [0.15, 0.2) is 0 Å². The molecular formula is C14H25NO3Si. The van der Waals surface area contributed by atoms with Crippen molar-refractivity contribution >= 4 is 8.80 Å². The predicted octanol–water partition coefficient (Wildman–Crippen LogP) is 3.16. The molecule has 0 bridgehead atoms. The van der Waals surface area contributed by atoms with Crippen LogP contribution in [-0.2, 0) is 13.3 Å². The summed E-state index contributed by atoms with van der Waals surface area (Å²) in [5.74, 6) is 0. The van der Waals surface area contributed by atoms with Crippen molar-refractivity contribution in [2.45, 2.75) is 39.7 Å². The van der Waals surface area contributed by atoms with Gasteiger partial charge in [-0.25, -0.2) is 0 Å². The van der Waals surface area contributed by atoms with Gasteiger partial charge in [0, 0.05) is 32.2 Å². The number of nitrogens with zero attached hydrogens (tertiary/aromatic N) is 1. The number of rotatable bonds is 9. The third-order valence-corrected chi connectivity index (χ3v) is 6.63. The van der Waals surface area contributed by atoms with Gasteiger partial charge in [0.25, 0.3) is 0 Å². The molecular weight excluding hydrogens is 258 g/mol. The topological polar surface area (TPSA) is 40.6 Å². The van der Waals surface area contributed by atoms with Gasteiger partial charge in [-0.1, -0.05) is 13.0 Å². The minimum Gasteiger partial charge on any atom is -0.373 e. The Balaban J connectivity index is 3.10. The average Bonchev–Trinajstić information content (AvgIpc) is 2.41. The molecule has 0 saturated carbocycles. The smallest absolute Gasteiger partial charge is 0.373 e. The van der Waals surface area contributed by atoms with Crippen LogP contribution in [0.15, 0.2) is 24.5 Å². The van der Waals surface area contributed by atoms with Crippen molar-refractivity contribution in [3.8, 4) is 0 Å². The lowest BCUT2D eigenvalue weighted by atomic mass is 10.2. The van der Waals surface area contributed by atoms with Gasteiger partial charge < -0.3 is 13.3 Å². The Morgan fingerprint density at radius 2 is 1.63 bits per heavy atom. The maximum atomic E-state index is 5.98. The fourth-order valence-corrected chi connectivity index (χ4v) is 5.44. The highest BCUT2D eigenvalue weighted by Crippen LogP contribution is 2.32. The standard InChI is InChI=1S/C14H25NO3Si/c1-5-14(13-10-9-11-15-12-13)19(16-6-2,17-7-3)18-8-4/h9-12,14H,5-8H2,1-4H3. The Hall–Kier alpha value is -0.753. The molecule has 4 nitrogen and oxygen atoms in total. The largest absolute Gasteiger partial charge is 0.508 e. The normalized spacial score (nSPS) is 13.5. The van der Waals surface area contributed by atoms with Crippen molar-refractivity contribution in [3.63, 3.8) is 0 Å². The summed E-state index contributed by atoms with van der Waals surface area (Å²) in [5.41, 5.74) is 1.27. The lowest BCUT2D eigenvalue weighted by molar-refractivity contribution is 0.0611. The maximum Gasteiger partial charge on any atom is 0.508 e. The van der Waals surface area contributed by atoms with Crippen LogP contribution >= 0.6 is 0 Å². The molecule has 108 valence electrons. The number of hydrogen-bond donors (Lipinski definition) is 0. The Labute approximate surface area is 117 Å². The van der Waals surface area contributed by atoms with Crippen molar-refractivity contribution in [2.24, 2.45) is 0 Å². The van der Waals surface area contributed by atoms with E-state index in [1.165, 1.54) is 0 Å². The molecule has 1 heterocycles. The minimum absolute atomic E-state index is 0.140. The van der Waals surface area contributed by atoms with Gasteiger partial charge in [0.05, 0.1) is 5.54 Å². The Morgan fingerprint density at radius 1 is 1.05 bits per heavy atom. The number of pyridine rings is 1. The summed E-state index contributed by atoms with van der Waals surface area (Å²) < 4.78 is 18.0. The van der Waals surface area contributed by atoms with Crippen molar-refractivity contribution in [3.05, 3.63) is 30.1 Å². The van der Waals surface area contributed by atoms with Crippen molar-refractivity contribution < 1.29 is 13.3 Å². The molecule has 0 aromatic carbocycles. The van der Waals surface area contributed by atoms with E-state index in [2.05, 4.69) is 18.0 Å². The quantitative estimate of drug-likeness (QED) is 0.653. The van der Waals surface area contributed by atoms with E-state index in [9.17, 15) is 0 Å². The summed E-state index contributed by atoms with van der Waals surface area (Å²) in [7, 11) is -2.71. The number of aromatic nitrogens is 1. The van der Waals surface area contributed by atoms with Gasteiger partial charge in [-0.2, -0.15) is 0 Å². The summed E-state index contributed by atoms with van der Waals surface area (Å²) in [6, 6.07) is 4.01. The highest BCUT2D eigenvalue weighted by molar-refractivity contribution is 6.62. The van der Waals surface area contributed by atoms with E-state index in [4.69, 9.17) is 13.3 Å². The van der Waals surface area contributed by atoms with Crippen LogP contribution in [0.5, 0.6) is 0 Å². The zero-order chi connectivity index (χ0) is 14.1. The monoisotopic (exact) mass is 283 g/mol. The fourth-order valence-electron chi connectivity index (χ4n) is 2.30. The second kappa shape index (κ2) is 8.42. The molecule has 0 aliphatic carbocycles. The highest BCUT2D eigenvalue weighted by atomic mass is 28.4. The van der Waals surface area contributed by atoms with Gasteiger partial charge in [-0.15, -0.1) is 0 Å². The molecule has 1 aromatic rings. The number of hydrogen-bond acceptors (Lipinski definition) is 4. The molecule has 0 aliphatic rings. The van der Waals surface area contributed by atoms with Crippen molar-refractivity contribution in [1.82, 2.24) is 4.98 Å². The molecule has 0 saturated heterocycles. The van der Waals surface area contributed by atoms with Crippen LogP contribution in [0.25, 0.3) is 0 Å². The molecule has 1 aromatic heterocycles. The zero-order valence-electron chi connectivity index (χ0n) is 12.4. The summed E-state index contributed by atoms with van der Waals surface area (Å²) in [6.07, 6.45) is 4.58. The van der Waals surface area contributed by atoms with Crippen LogP contribution in [0, 0.1) is 0 Å². The first kappa shape index (κ1) is 16.3. The Kier molecular flexibility index (Phi) is 7.23. The third-order valence-electron chi connectivity index (χ3n) is 2.96. The third kappa shape index (κ3) is 4.11. The highest BCUT2D eigenvalue weighted by Gasteiger charge is 2.49. The van der Waals surface area contributed by atoms with E-state index in [1.807, 2.05) is 33.0 Å². The van der Waals surface area contributed by atoms with Crippen LogP contribution in [0.3, 0.4) is 0 Å². The zero-order valence-corrected chi connectivity index (χ0v) is 13.4. The van der Waals surface area contributed by atoms with Gasteiger partial charge >= 0.3 is 8.80 Å². The van der Waals surface area contributed by atoms with E-state index < -0.39 is 8.80 Å². The molecule has 0 amide bonds. The minimum atomic E-state index is -2.71. The predicted molar refractivity (Wildman–Crippen MR) is 77.9 cm³/mol. The molecule has 1 unspecified atom stereocenters. The van der Waals surface area contributed by atoms with Crippen molar-refractivity contribution in [2.75, 3.05) is 19.8 Å². The molecule has 5 heteroatoms. The van der Waals surface area contributed by atoms with E-state index in [-0.39, 0.29) is 5.54 Å². The van der Waals surface area contributed by atoms with Gasteiger partial charge in [-0.3, -0.25) is 4.98 Å². The van der Waals surface area contributed by atoms with Crippen LogP contribution in [0.1, 0.15) is 45.2 Å². The summed E-state index contributed by atoms with van der Waals surface area (Å²) in [4.78, 5) is 4.20. The molecule has 0 N–H and O–H groups in total. The van der Waals surface area contributed by atoms with Crippen LogP contribution < -0.4 is 0 Å². The Bertz CT molecular complexity index is 331.